The minimum Gasteiger partial charge on any atom is -0.335 e. The Morgan fingerprint density at radius 1 is 1.00 bits per heavy atom. The predicted molar refractivity (Wildman–Crippen MR) is 86.4 cm³/mol. The maximum atomic E-state index is 12.5. The lowest BCUT2D eigenvalue weighted by atomic mass is 9.82. The van der Waals surface area contributed by atoms with E-state index < -0.39 is 9.84 Å². The van der Waals surface area contributed by atoms with E-state index in [1.54, 1.807) is 0 Å². The molecule has 3 rings (SSSR count). The molecule has 22 heavy (non-hydrogen) atoms. The maximum Gasteiger partial charge on any atom is 0.317 e. The fourth-order valence-electron chi connectivity index (χ4n) is 4.50. The number of carbonyl (C=O) groups is 1. The van der Waals surface area contributed by atoms with Crippen molar-refractivity contribution in [2.24, 2.45) is 11.8 Å². The van der Waals surface area contributed by atoms with Crippen molar-refractivity contribution < 1.29 is 13.2 Å². The van der Waals surface area contributed by atoms with Gasteiger partial charge in [0.15, 0.2) is 0 Å². The molecule has 3 aliphatic rings. The van der Waals surface area contributed by atoms with Gasteiger partial charge in [0.25, 0.3) is 0 Å². The molecule has 1 N–H and O–H groups in total. The van der Waals surface area contributed by atoms with Crippen LogP contribution in [-0.4, -0.2) is 50.0 Å². The summed E-state index contributed by atoms with van der Waals surface area (Å²) in [6.07, 6.45) is 9.52. The molecule has 2 aliphatic carbocycles. The fraction of sp³-hybridized carbons (Fsp3) is 0.938. The second-order valence-electron chi connectivity index (χ2n) is 7.47. The molecule has 2 saturated carbocycles. The Balaban J connectivity index is 1.53. The van der Waals surface area contributed by atoms with Crippen LogP contribution in [0.25, 0.3) is 0 Å². The highest BCUT2D eigenvalue weighted by molar-refractivity contribution is 7.91. The monoisotopic (exact) mass is 328 g/mol. The Morgan fingerprint density at radius 3 is 2.23 bits per heavy atom. The van der Waals surface area contributed by atoms with E-state index >= 15 is 0 Å². The largest absolute Gasteiger partial charge is 0.335 e. The van der Waals surface area contributed by atoms with Crippen molar-refractivity contribution in [3.63, 3.8) is 0 Å². The summed E-state index contributed by atoms with van der Waals surface area (Å²) in [5.74, 6) is 1.38. The summed E-state index contributed by atoms with van der Waals surface area (Å²) >= 11 is 0. The first-order chi connectivity index (χ1) is 10.4. The first-order valence-corrected chi connectivity index (χ1v) is 10.6. The Bertz CT molecular complexity index is 505. The Labute approximate surface area is 133 Å². The summed E-state index contributed by atoms with van der Waals surface area (Å²) in [5.41, 5.74) is 0. The smallest absolute Gasteiger partial charge is 0.317 e. The Kier molecular flexibility index (Phi) is 4.67. The second kappa shape index (κ2) is 6.38. The van der Waals surface area contributed by atoms with E-state index in [1.165, 1.54) is 31.9 Å². The first kappa shape index (κ1) is 16.1. The number of nitrogens with zero attached hydrogens (tertiary/aromatic N) is 1. The summed E-state index contributed by atoms with van der Waals surface area (Å²) in [4.78, 5) is 14.4. The molecule has 0 aromatic carbocycles. The van der Waals surface area contributed by atoms with E-state index in [1.807, 2.05) is 4.90 Å². The zero-order chi connectivity index (χ0) is 15.7. The molecule has 1 saturated heterocycles. The van der Waals surface area contributed by atoms with Gasteiger partial charge in [0.05, 0.1) is 5.25 Å². The van der Waals surface area contributed by atoms with Gasteiger partial charge in [0, 0.05) is 25.4 Å². The standard InChI is InChI=1S/C16H28N2O3S/c1-22(20,21)15-8-4-7-14(9-15)17-16(19)18-10-12-5-2-3-6-13(12)11-18/h12-15H,2-11H2,1H3,(H,17,19)/t12-,13-,14-,15+/m0/s1. The fourth-order valence-corrected chi connectivity index (χ4v) is 5.68. The Morgan fingerprint density at radius 2 is 1.64 bits per heavy atom. The summed E-state index contributed by atoms with van der Waals surface area (Å²) < 4.78 is 23.4. The molecule has 0 radical (unpaired) electrons. The highest BCUT2D eigenvalue weighted by atomic mass is 32.2. The van der Waals surface area contributed by atoms with Gasteiger partial charge in [-0.1, -0.05) is 19.3 Å². The average molecular weight is 328 g/mol. The molecule has 0 aromatic heterocycles. The van der Waals surface area contributed by atoms with Crippen LogP contribution in [0.5, 0.6) is 0 Å². The van der Waals surface area contributed by atoms with Crippen LogP contribution < -0.4 is 5.32 Å². The average Bonchev–Trinajstić information content (AvgIpc) is 2.90. The molecule has 126 valence electrons. The molecule has 2 amide bonds. The first-order valence-electron chi connectivity index (χ1n) is 8.68. The van der Waals surface area contributed by atoms with Gasteiger partial charge in [-0.2, -0.15) is 0 Å². The van der Waals surface area contributed by atoms with Crippen LogP contribution in [0.4, 0.5) is 4.79 Å². The Hall–Kier alpha value is -0.780. The molecule has 1 aliphatic heterocycles. The summed E-state index contributed by atoms with van der Waals surface area (Å²) in [7, 11) is -3.00. The molecule has 1 heterocycles. The molecule has 0 spiro atoms. The number of fused-ring (bicyclic) bond motifs is 1. The number of hydrogen-bond acceptors (Lipinski definition) is 3. The number of rotatable bonds is 2. The van der Waals surface area contributed by atoms with Crippen molar-refractivity contribution in [3.05, 3.63) is 0 Å². The van der Waals surface area contributed by atoms with Crippen molar-refractivity contribution >= 4 is 15.9 Å². The summed E-state index contributed by atoms with van der Waals surface area (Å²) in [5, 5.41) is 2.81. The van der Waals surface area contributed by atoms with Crippen LogP contribution in [0.1, 0.15) is 51.4 Å². The molecule has 3 fully saturated rings. The normalized spacial score (nSPS) is 36.0. The minimum absolute atomic E-state index is 0.0172. The minimum atomic E-state index is -3.00. The molecule has 4 atom stereocenters. The van der Waals surface area contributed by atoms with E-state index in [0.717, 1.165) is 32.4 Å². The molecular weight excluding hydrogens is 300 g/mol. The number of amides is 2. The molecule has 6 heteroatoms. The van der Waals surface area contributed by atoms with Crippen molar-refractivity contribution in [3.8, 4) is 0 Å². The van der Waals surface area contributed by atoms with Gasteiger partial charge < -0.3 is 10.2 Å². The molecule has 0 aromatic rings. The van der Waals surface area contributed by atoms with E-state index in [2.05, 4.69) is 5.32 Å². The lowest BCUT2D eigenvalue weighted by molar-refractivity contribution is 0.198. The SMILES string of the molecule is CS(=O)(=O)[C@@H]1CCC[C@H](NC(=O)N2C[C@@H]3CCCC[C@H]3C2)C1. The summed E-state index contributed by atoms with van der Waals surface area (Å²) in [6, 6.07) is 0.0390. The zero-order valence-electron chi connectivity index (χ0n) is 13.5. The van der Waals surface area contributed by atoms with Gasteiger partial charge in [-0.25, -0.2) is 13.2 Å². The number of urea groups is 1. The third-order valence-electron chi connectivity index (χ3n) is 5.82. The number of carbonyl (C=O) groups excluding carboxylic acids is 1. The third-order valence-corrected chi connectivity index (χ3v) is 7.46. The molecule has 5 nitrogen and oxygen atoms in total. The van der Waals surface area contributed by atoms with Crippen molar-refractivity contribution in [1.82, 2.24) is 10.2 Å². The van der Waals surface area contributed by atoms with E-state index in [0.29, 0.717) is 18.3 Å². The number of nitrogens with one attached hydrogen (secondary N) is 1. The zero-order valence-corrected chi connectivity index (χ0v) is 14.3. The second-order valence-corrected chi connectivity index (χ2v) is 9.80. The third kappa shape index (κ3) is 3.58. The number of sulfone groups is 1. The number of hydrogen-bond donors (Lipinski definition) is 1. The van der Waals surface area contributed by atoms with E-state index in [-0.39, 0.29) is 17.3 Å². The quantitative estimate of drug-likeness (QED) is 0.845. The number of likely N-dealkylation sites (tertiary alicyclic amines) is 1. The predicted octanol–water partition coefficient (Wildman–Crippen LogP) is 2.17. The van der Waals surface area contributed by atoms with E-state index in [9.17, 15) is 13.2 Å². The van der Waals surface area contributed by atoms with Crippen LogP contribution in [-0.2, 0) is 9.84 Å². The highest BCUT2D eigenvalue weighted by Crippen LogP contribution is 2.36. The highest BCUT2D eigenvalue weighted by Gasteiger charge is 2.37. The van der Waals surface area contributed by atoms with Crippen LogP contribution in [0.15, 0.2) is 0 Å². The van der Waals surface area contributed by atoms with Crippen molar-refractivity contribution in [2.45, 2.75) is 62.7 Å². The summed E-state index contributed by atoms with van der Waals surface area (Å²) in [6.45, 7) is 1.78. The van der Waals surface area contributed by atoms with Crippen LogP contribution in [0.2, 0.25) is 0 Å². The van der Waals surface area contributed by atoms with Gasteiger partial charge in [-0.15, -0.1) is 0 Å². The molecular formula is C16H28N2O3S. The molecule has 0 unspecified atom stereocenters. The topological polar surface area (TPSA) is 66.5 Å². The van der Waals surface area contributed by atoms with Crippen molar-refractivity contribution in [2.75, 3.05) is 19.3 Å². The van der Waals surface area contributed by atoms with Crippen LogP contribution in [0.3, 0.4) is 0 Å². The van der Waals surface area contributed by atoms with Crippen molar-refractivity contribution in [1.29, 1.82) is 0 Å². The maximum absolute atomic E-state index is 12.5. The van der Waals surface area contributed by atoms with Crippen LogP contribution in [0, 0.1) is 11.8 Å². The van der Waals surface area contributed by atoms with Gasteiger partial charge in [0.1, 0.15) is 9.84 Å². The van der Waals surface area contributed by atoms with Crippen LogP contribution >= 0.6 is 0 Å². The van der Waals surface area contributed by atoms with E-state index in [4.69, 9.17) is 0 Å². The van der Waals surface area contributed by atoms with Gasteiger partial charge in [-0.05, 0) is 43.9 Å². The lowest BCUT2D eigenvalue weighted by Crippen LogP contribution is -2.47. The van der Waals surface area contributed by atoms with Gasteiger partial charge >= 0.3 is 6.03 Å². The molecule has 0 bridgehead atoms. The van der Waals surface area contributed by atoms with Gasteiger partial charge in [-0.3, -0.25) is 0 Å². The lowest BCUT2D eigenvalue weighted by Gasteiger charge is -2.30. The van der Waals surface area contributed by atoms with Gasteiger partial charge in [0.2, 0.25) is 0 Å².